The van der Waals surface area contributed by atoms with Crippen LogP contribution in [-0.2, 0) is 20.6 Å². The minimum atomic E-state index is -1.72. The lowest BCUT2D eigenvalue weighted by Gasteiger charge is -2.17. The van der Waals surface area contributed by atoms with Crippen LogP contribution in [0.3, 0.4) is 0 Å². The minimum Gasteiger partial charge on any atom is -0.455 e. The number of nitrogens with zero attached hydrogens (tertiary/aromatic N) is 1. The first-order valence-corrected chi connectivity index (χ1v) is 9.54. The maximum absolute atomic E-state index is 11.8. The Bertz CT molecular complexity index is 448. The first kappa shape index (κ1) is 15.4. The second-order valence-electron chi connectivity index (χ2n) is 5.16. The van der Waals surface area contributed by atoms with E-state index in [2.05, 4.69) is 4.85 Å². The quantitative estimate of drug-likeness (QED) is 0.456. The molecule has 0 bridgehead atoms. The topological polar surface area (TPSA) is 39.9 Å². The van der Waals surface area contributed by atoms with Gasteiger partial charge < -0.3 is 9.16 Å². The lowest BCUT2D eigenvalue weighted by atomic mass is 10.2. The molecule has 19 heavy (non-hydrogen) atoms. The van der Waals surface area contributed by atoms with Gasteiger partial charge >= 0.3 is 12.0 Å². The number of carbonyl (C=O) groups is 1. The Labute approximate surface area is 115 Å². The average molecular weight is 277 g/mol. The zero-order valence-corrected chi connectivity index (χ0v) is 12.6. The molecule has 0 radical (unpaired) electrons. The summed E-state index contributed by atoms with van der Waals surface area (Å²) in [6.07, 6.45) is 0. The van der Waals surface area contributed by atoms with Gasteiger partial charge in [-0.05, 0) is 25.2 Å². The molecule has 0 aliphatic carbocycles. The maximum Gasteiger partial charge on any atom is 0.393 e. The fourth-order valence-electron chi connectivity index (χ4n) is 1.31. The number of rotatable bonds is 6. The molecule has 5 heteroatoms. The Morgan fingerprint density at radius 2 is 1.95 bits per heavy atom. The van der Waals surface area contributed by atoms with Crippen LogP contribution in [0, 0.1) is 6.57 Å². The van der Waals surface area contributed by atoms with E-state index in [1.807, 2.05) is 50.0 Å². The van der Waals surface area contributed by atoms with Crippen LogP contribution in [0.4, 0.5) is 0 Å². The van der Waals surface area contributed by atoms with E-state index < -0.39 is 20.3 Å². The van der Waals surface area contributed by atoms with E-state index in [1.165, 1.54) is 0 Å². The molecular formula is C14H19NO3Si. The van der Waals surface area contributed by atoms with Crippen LogP contribution in [0.5, 0.6) is 0 Å². The van der Waals surface area contributed by atoms with Crippen molar-refractivity contribution in [3.63, 3.8) is 0 Å². The fraction of sp³-hybridized carbons (Fsp3) is 0.429. The van der Waals surface area contributed by atoms with Crippen LogP contribution in [0.25, 0.3) is 4.85 Å². The molecule has 1 atom stereocenters. The molecule has 1 aromatic rings. The van der Waals surface area contributed by atoms with Gasteiger partial charge in [-0.25, -0.2) is 11.4 Å². The van der Waals surface area contributed by atoms with Gasteiger partial charge in [-0.15, -0.1) is 0 Å². The fourth-order valence-corrected chi connectivity index (χ4v) is 1.97. The van der Waals surface area contributed by atoms with E-state index in [4.69, 9.17) is 15.7 Å². The molecule has 0 amide bonds. The molecule has 102 valence electrons. The van der Waals surface area contributed by atoms with E-state index in [0.717, 1.165) is 5.56 Å². The highest BCUT2D eigenvalue weighted by Gasteiger charge is 2.28. The van der Waals surface area contributed by atoms with Crippen LogP contribution < -0.4 is 0 Å². The van der Waals surface area contributed by atoms with Crippen molar-refractivity contribution in [3.05, 3.63) is 47.3 Å². The highest BCUT2D eigenvalue weighted by atomic mass is 28.4. The minimum absolute atomic E-state index is 0.118. The van der Waals surface area contributed by atoms with E-state index in [1.54, 1.807) is 0 Å². The first-order chi connectivity index (χ1) is 8.92. The summed E-state index contributed by atoms with van der Waals surface area (Å²) in [5.74, 6) is -0.517. The summed E-state index contributed by atoms with van der Waals surface area (Å²) in [5.41, 5.74) is 0.908. The molecule has 1 rings (SSSR count). The van der Waals surface area contributed by atoms with Gasteiger partial charge in [0.05, 0.1) is 0 Å². The standard InChI is InChI=1S/C14H19NO3Si/c1-15-13(11-18-19(2,3)4)14(16)17-10-12-8-6-5-7-9-12/h5-9,13H,10-11H2,2-4H3/t13-/m0/s1. The maximum atomic E-state index is 11.8. The van der Waals surface area contributed by atoms with Crippen molar-refractivity contribution < 1.29 is 14.0 Å². The first-order valence-electron chi connectivity index (χ1n) is 6.13. The van der Waals surface area contributed by atoms with Crippen LogP contribution in [-0.4, -0.2) is 26.9 Å². The molecule has 0 saturated carbocycles. The van der Waals surface area contributed by atoms with Gasteiger partial charge in [-0.1, -0.05) is 30.3 Å². The Morgan fingerprint density at radius 1 is 1.32 bits per heavy atom. The number of ether oxygens (including phenoxy) is 1. The number of hydrogen-bond acceptors (Lipinski definition) is 3. The highest BCUT2D eigenvalue weighted by Crippen LogP contribution is 2.08. The summed E-state index contributed by atoms with van der Waals surface area (Å²) in [6.45, 7) is 13.4. The molecule has 0 N–H and O–H groups in total. The van der Waals surface area contributed by atoms with Crippen molar-refractivity contribution in [1.82, 2.24) is 0 Å². The highest BCUT2D eigenvalue weighted by molar-refractivity contribution is 6.69. The molecule has 0 fully saturated rings. The lowest BCUT2D eigenvalue weighted by molar-refractivity contribution is -0.146. The molecule has 0 aromatic heterocycles. The number of esters is 1. The molecular weight excluding hydrogens is 258 g/mol. The second kappa shape index (κ2) is 7.07. The zero-order chi connectivity index (χ0) is 14.3. The predicted molar refractivity (Wildman–Crippen MR) is 75.9 cm³/mol. The van der Waals surface area contributed by atoms with Crippen molar-refractivity contribution in [2.45, 2.75) is 32.3 Å². The van der Waals surface area contributed by atoms with Gasteiger partial charge in [-0.2, -0.15) is 0 Å². The third-order valence-electron chi connectivity index (χ3n) is 2.33. The van der Waals surface area contributed by atoms with Gasteiger partial charge in [0.25, 0.3) is 0 Å². The largest absolute Gasteiger partial charge is 0.455 e. The molecule has 0 aliphatic heterocycles. The van der Waals surface area contributed by atoms with Crippen LogP contribution in [0.15, 0.2) is 30.3 Å². The SMILES string of the molecule is [C-]#[N+][C@@H](CO[Si](C)(C)C)C(=O)OCc1ccccc1. The normalized spacial score (nSPS) is 12.5. The summed E-state index contributed by atoms with van der Waals surface area (Å²) in [5, 5.41) is 0. The molecule has 0 unspecified atom stereocenters. The average Bonchev–Trinajstić information content (AvgIpc) is 2.37. The van der Waals surface area contributed by atoms with E-state index in [-0.39, 0.29) is 13.2 Å². The Balaban J connectivity index is 2.44. The van der Waals surface area contributed by atoms with E-state index in [0.29, 0.717) is 0 Å². The third-order valence-corrected chi connectivity index (χ3v) is 3.36. The number of benzene rings is 1. The second-order valence-corrected chi connectivity index (χ2v) is 9.68. The van der Waals surface area contributed by atoms with Gasteiger partial charge in [-0.3, -0.25) is 4.85 Å². The Kier molecular flexibility index (Phi) is 5.74. The predicted octanol–water partition coefficient (Wildman–Crippen LogP) is 2.87. The van der Waals surface area contributed by atoms with Gasteiger partial charge in [0.2, 0.25) is 0 Å². The molecule has 0 heterocycles. The van der Waals surface area contributed by atoms with Gasteiger partial charge in [0.1, 0.15) is 13.2 Å². The van der Waals surface area contributed by atoms with Crippen LogP contribution in [0.1, 0.15) is 5.56 Å². The molecule has 0 aliphatic rings. The summed E-state index contributed by atoms with van der Waals surface area (Å²) >= 11 is 0. The number of hydrogen-bond donors (Lipinski definition) is 0. The van der Waals surface area contributed by atoms with Gasteiger partial charge in [0.15, 0.2) is 8.32 Å². The number of carbonyl (C=O) groups excluding carboxylic acids is 1. The smallest absolute Gasteiger partial charge is 0.393 e. The Hall–Kier alpha value is -1.64. The summed E-state index contributed by atoms with van der Waals surface area (Å²) in [6, 6.07) is 8.54. The van der Waals surface area contributed by atoms with Crippen molar-refractivity contribution in [3.8, 4) is 0 Å². The molecule has 0 saturated heterocycles. The molecule has 0 spiro atoms. The zero-order valence-electron chi connectivity index (χ0n) is 11.6. The summed E-state index contributed by atoms with van der Waals surface area (Å²) in [4.78, 5) is 15.0. The molecule has 4 nitrogen and oxygen atoms in total. The third kappa shape index (κ3) is 6.18. The van der Waals surface area contributed by atoms with Crippen molar-refractivity contribution in [2.24, 2.45) is 0 Å². The monoisotopic (exact) mass is 277 g/mol. The van der Waals surface area contributed by atoms with Gasteiger partial charge in [0, 0.05) is 0 Å². The van der Waals surface area contributed by atoms with Crippen LogP contribution >= 0.6 is 0 Å². The van der Waals surface area contributed by atoms with Crippen LogP contribution in [0.2, 0.25) is 19.6 Å². The van der Waals surface area contributed by atoms with Crippen molar-refractivity contribution in [2.75, 3.05) is 6.61 Å². The van der Waals surface area contributed by atoms with E-state index in [9.17, 15) is 4.79 Å². The summed E-state index contributed by atoms with van der Waals surface area (Å²) < 4.78 is 10.7. The van der Waals surface area contributed by atoms with Crippen molar-refractivity contribution >= 4 is 14.3 Å². The van der Waals surface area contributed by atoms with E-state index >= 15 is 0 Å². The van der Waals surface area contributed by atoms with Crippen molar-refractivity contribution in [1.29, 1.82) is 0 Å². The Morgan fingerprint density at radius 3 is 2.47 bits per heavy atom. The summed E-state index contributed by atoms with van der Waals surface area (Å²) in [7, 11) is -1.72. The lowest BCUT2D eigenvalue weighted by Crippen LogP contribution is -2.33. The molecule has 1 aromatic carbocycles.